The van der Waals surface area contributed by atoms with Crippen LogP contribution in [0.3, 0.4) is 0 Å². The largest absolute Gasteiger partial charge is 0.351 e. The van der Waals surface area contributed by atoms with Crippen molar-refractivity contribution in [3.05, 3.63) is 40.3 Å². The summed E-state index contributed by atoms with van der Waals surface area (Å²) < 4.78 is 1.28. The summed E-state index contributed by atoms with van der Waals surface area (Å²) in [6.07, 6.45) is 4.56. The fourth-order valence-corrected chi connectivity index (χ4v) is 3.43. The van der Waals surface area contributed by atoms with Crippen LogP contribution in [0.15, 0.2) is 29.1 Å². The molecule has 1 aromatic carbocycles. The molecule has 0 spiro atoms. The van der Waals surface area contributed by atoms with E-state index in [-0.39, 0.29) is 24.1 Å². The van der Waals surface area contributed by atoms with Crippen molar-refractivity contribution in [3.8, 4) is 0 Å². The van der Waals surface area contributed by atoms with E-state index in [1.165, 1.54) is 11.1 Å². The summed E-state index contributed by atoms with van der Waals surface area (Å²) in [7, 11) is 0. The predicted molar refractivity (Wildman–Crippen MR) is 90.3 cm³/mol. The van der Waals surface area contributed by atoms with E-state index in [0.717, 1.165) is 30.3 Å². The summed E-state index contributed by atoms with van der Waals surface area (Å²) in [4.78, 5) is 24.8. The molecule has 0 bridgehead atoms. The third kappa shape index (κ3) is 3.28. The molecule has 2 unspecified atom stereocenters. The molecule has 1 aliphatic rings. The lowest BCUT2D eigenvalue weighted by Gasteiger charge is -2.29. The van der Waals surface area contributed by atoms with Crippen LogP contribution >= 0.6 is 0 Å². The molecule has 122 valence electrons. The van der Waals surface area contributed by atoms with Crippen LogP contribution in [0.2, 0.25) is 0 Å². The van der Waals surface area contributed by atoms with Crippen LogP contribution < -0.4 is 10.9 Å². The van der Waals surface area contributed by atoms with Gasteiger partial charge in [-0.15, -0.1) is 0 Å². The number of nitrogens with zero attached hydrogens (tertiary/aromatic N) is 2. The maximum atomic E-state index is 12.5. The molecular formula is C18H23N3O2. The Balaban J connectivity index is 1.80. The topological polar surface area (TPSA) is 64.0 Å². The summed E-state index contributed by atoms with van der Waals surface area (Å²) in [6.45, 7) is 4.02. The summed E-state index contributed by atoms with van der Waals surface area (Å²) in [5, 5.41) is 8.82. The molecule has 23 heavy (non-hydrogen) atoms. The first-order chi connectivity index (χ1) is 11.1. The van der Waals surface area contributed by atoms with Gasteiger partial charge in [-0.25, -0.2) is 4.68 Å². The van der Waals surface area contributed by atoms with Crippen LogP contribution in [0.25, 0.3) is 10.8 Å². The molecule has 0 radical (unpaired) electrons. The maximum absolute atomic E-state index is 12.5. The van der Waals surface area contributed by atoms with Gasteiger partial charge in [0.05, 0.1) is 11.1 Å². The Labute approximate surface area is 135 Å². The summed E-state index contributed by atoms with van der Waals surface area (Å²) >= 11 is 0. The maximum Gasteiger partial charge on any atom is 0.275 e. The first-order valence-corrected chi connectivity index (χ1v) is 8.32. The summed E-state index contributed by atoms with van der Waals surface area (Å²) in [6, 6.07) is 7.60. The van der Waals surface area contributed by atoms with Gasteiger partial charge < -0.3 is 5.32 Å². The van der Waals surface area contributed by atoms with E-state index in [1.54, 1.807) is 6.07 Å². The van der Waals surface area contributed by atoms with Crippen molar-refractivity contribution in [3.63, 3.8) is 0 Å². The van der Waals surface area contributed by atoms with Gasteiger partial charge in [0.2, 0.25) is 5.91 Å². The fourth-order valence-electron chi connectivity index (χ4n) is 3.43. The number of fused-ring (bicyclic) bond motifs is 1. The Hall–Kier alpha value is -2.17. The number of aryl methyl sites for hydroxylation is 1. The quantitative estimate of drug-likeness (QED) is 0.946. The molecule has 1 aromatic heterocycles. The van der Waals surface area contributed by atoms with Crippen molar-refractivity contribution in [1.29, 1.82) is 0 Å². The van der Waals surface area contributed by atoms with Crippen LogP contribution in [0, 0.1) is 12.8 Å². The summed E-state index contributed by atoms with van der Waals surface area (Å²) in [5.74, 6) is 0.365. The van der Waals surface area contributed by atoms with Gasteiger partial charge in [-0.1, -0.05) is 38.0 Å². The van der Waals surface area contributed by atoms with Gasteiger partial charge in [0, 0.05) is 11.4 Å². The van der Waals surface area contributed by atoms with Crippen LogP contribution in [-0.4, -0.2) is 21.7 Å². The average molecular weight is 313 g/mol. The van der Waals surface area contributed by atoms with Gasteiger partial charge >= 0.3 is 0 Å². The Morgan fingerprint density at radius 3 is 2.70 bits per heavy atom. The standard InChI is InChI=1S/C18H23N3O2/c1-12-7-3-6-10-16(12)19-17(22)11-21-18(23)15-9-5-4-8-14(15)13(2)20-21/h4-5,8-9,12,16H,3,6-7,10-11H2,1-2H3,(H,19,22). The highest BCUT2D eigenvalue weighted by atomic mass is 16.2. The van der Waals surface area contributed by atoms with Gasteiger partial charge in [-0.2, -0.15) is 5.10 Å². The number of nitrogens with one attached hydrogen (secondary N) is 1. The van der Waals surface area contributed by atoms with Gasteiger partial charge in [-0.3, -0.25) is 9.59 Å². The van der Waals surface area contributed by atoms with E-state index in [2.05, 4.69) is 17.3 Å². The highest BCUT2D eigenvalue weighted by Gasteiger charge is 2.23. The fraction of sp³-hybridized carbons (Fsp3) is 0.500. The second kappa shape index (κ2) is 6.52. The van der Waals surface area contributed by atoms with Crippen molar-refractivity contribution in [2.45, 2.75) is 52.1 Å². The molecule has 3 rings (SSSR count). The minimum absolute atomic E-state index is 0.0201. The van der Waals surface area contributed by atoms with Gasteiger partial charge in [0.1, 0.15) is 6.54 Å². The smallest absolute Gasteiger partial charge is 0.275 e. The third-order valence-electron chi connectivity index (χ3n) is 4.80. The van der Waals surface area contributed by atoms with Crippen LogP contribution in [0.4, 0.5) is 0 Å². The monoisotopic (exact) mass is 313 g/mol. The van der Waals surface area contributed by atoms with Crippen molar-refractivity contribution in [1.82, 2.24) is 15.1 Å². The number of carbonyl (C=O) groups excluding carboxylic acids is 1. The molecule has 5 nitrogen and oxygen atoms in total. The lowest BCUT2D eigenvalue weighted by molar-refractivity contribution is -0.123. The summed E-state index contributed by atoms with van der Waals surface area (Å²) in [5.41, 5.74) is 0.553. The van der Waals surface area contributed by atoms with E-state index in [4.69, 9.17) is 0 Å². The van der Waals surface area contributed by atoms with Crippen molar-refractivity contribution >= 4 is 16.7 Å². The van der Waals surface area contributed by atoms with Crippen molar-refractivity contribution in [2.75, 3.05) is 0 Å². The van der Waals surface area contributed by atoms with Gasteiger partial charge in [-0.05, 0) is 31.7 Å². The van der Waals surface area contributed by atoms with Crippen LogP contribution in [0.1, 0.15) is 38.3 Å². The molecule has 2 atom stereocenters. The zero-order valence-corrected chi connectivity index (χ0v) is 13.7. The Kier molecular flexibility index (Phi) is 4.46. The van der Waals surface area contributed by atoms with E-state index in [0.29, 0.717) is 11.3 Å². The predicted octanol–water partition coefficient (Wildman–Crippen LogP) is 2.40. The van der Waals surface area contributed by atoms with Gasteiger partial charge in [0.25, 0.3) is 5.56 Å². The van der Waals surface area contributed by atoms with E-state index >= 15 is 0 Å². The SMILES string of the molecule is Cc1nn(CC(=O)NC2CCCCC2C)c(=O)c2ccccc12. The number of carbonyl (C=O) groups is 1. The second-order valence-electron chi connectivity index (χ2n) is 6.53. The molecule has 1 amide bonds. The Morgan fingerprint density at radius 1 is 1.26 bits per heavy atom. The minimum Gasteiger partial charge on any atom is -0.351 e. The molecule has 2 aromatic rings. The zero-order chi connectivity index (χ0) is 16.4. The third-order valence-corrected chi connectivity index (χ3v) is 4.80. The minimum atomic E-state index is -0.210. The average Bonchev–Trinajstić information content (AvgIpc) is 2.54. The molecule has 1 heterocycles. The van der Waals surface area contributed by atoms with Crippen LogP contribution in [-0.2, 0) is 11.3 Å². The highest BCUT2D eigenvalue weighted by Crippen LogP contribution is 2.23. The molecule has 0 saturated heterocycles. The van der Waals surface area contributed by atoms with E-state index < -0.39 is 0 Å². The zero-order valence-electron chi connectivity index (χ0n) is 13.7. The first-order valence-electron chi connectivity index (χ1n) is 8.32. The van der Waals surface area contributed by atoms with Crippen LogP contribution in [0.5, 0.6) is 0 Å². The number of benzene rings is 1. The number of hydrogen-bond acceptors (Lipinski definition) is 3. The first kappa shape index (κ1) is 15.7. The number of rotatable bonds is 3. The molecule has 1 saturated carbocycles. The van der Waals surface area contributed by atoms with E-state index in [1.807, 2.05) is 25.1 Å². The number of hydrogen-bond donors (Lipinski definition) is 1. The van der Waals surface area contributed by atoms with Crippen molar-refractivity contribution < 1.29 is 4.79 Å². The normalized spacial score (nSPS) is 21.3. The molecule has 1 fully saturated rings. The molecule has 1 N–H and O–H groups in total. The lowest BCUT2D eigenvalue weighted by atomic mass is 9.86. The Bertz CT molecular complexity index is 781. The van der Waals surface area contributed by atoms with Crippen molar-refractivity contribution in [2.24, 2.45) is 5.92 Å². The second-order valence-corrected chi connectivity index (χ2v) is 6.53. The lowest BCUT2D eigenvalue weighted by Crippen LogP contribution is -2.43. The Morgan fingerprint density at radius 2 is 1.96 bits per heavy atom. The van der Waals surface area contributed by atoms with E-state index in [9.17, 15) is 9.59 Å². The van der Waals surface area contributed by atoms with Gasteiger partial charge in [0.15, 0.2) is 0 Å². The number of aromatic nitrogens is 2. The molecule has 0 aliphatic heterocycles. The number of amides is 1. The molecular weight excluding hydrogens is 290 g/mol. The highest BCUT2D eigenvalue weighted by molar-refractivity contribution is 5.83. The molecule has 1 aliphatic carbocycles. The molecule has 5 heteroatoms.